The van der Waals surface area contributed by atoms with Gasteiger partial charge in [0.05, 0.1) is 0 Å². The SMILES string of the molecule is CCNC(C1CCCC1)C1CCC1. The van der Waals surface area contributed by atoms with Gasteiger partial charge < -0.3 is 5.32 Å². The van der Waals surface area contributed by atoms with Crippen LogP contribution in [0.4, 0.5) is 0 Å². The first-order chi connectivity index (χ1) is 6.42. The summed E-state index contributed by atoms with van der Waals surface area (Å²) >= 11 is 0. The van der Waals surface area contributed by atoms with Gasteiger partial charge in [0.1, 0.15) is 0 Å². The van der Waals surface area contributed by atoms with Crippen LogP contribution in [-0.4, -0.2) is 12.6 Å². The molecular weight excluding hydrogens is 158 g/mol. The predicted molar refractivity (Wildman–Crippen MR) is 56.8 cm³/mol. The van der Waals surface area contributed by atoms with Gasteiger partial charge in [-0.2, -0.15) is 0 Å². The van der Waals surface area contributed by atoms with Gasteiger partial charge in [0.15, 0.2) is 0 Å². The van der Waals surface area contributed by atoms with Crippen molar-refractivity contribution in [1.82, 2.24) is 5.32 Å². The van der Waals surface area contributed by atoms with Crippen molar-refractivity contribution in [3.63, 3.8) is 0 Å². The molecule has 0 heterocycles. The van der Waals surface area contributed by atoms with Gasteiger partial charge in [-0.05, 0) is 44.1 Å². The Morgan fingerprint density at radius 2 is 1.54 bits per heavy atom. The van der Waals surface area contributed by atoms with E-state index >= 15 is 0 Å². The van der Waals surface area contributed by atoms with Crippen LogP contribution in [0.2, 0.25) is 0 Å². The Labute approximate surface area is 82.3 Å². The third kappa shape index (κ3) is 2.07. The van der Waals surface area contributed by atoms with Crippen LogP contribution in [0.25, 0.3) is 0 Å². The van der Waals surface area contributed by atoms with Gasteiger partial charge >= 0.3 is 0 Å². The number of nitrogens with one attached hydrogen (secondary N) is 1. The molecular formula is C12H23N. The van der Waals surface area contributed by atoms with Gasteiger partial charge in [-0.25, -0.2) is 0 Å². The highest BCUT2D eigenvalue weighted by Crippen LogP contribution is 2.38. The van der Waals surface area contributed by atoms with E-state index in [1.165, 1.54) is 44.9 Å². The zero-order valence-corrected chi connectivity index (χ0v) is 8.89. The molecule has 1 N–H and O–H groups in total. The molecule has 0 spiro atoms. The predicted octanol–water partition coefficient (Wildman–Crippen LogP) is 2.95. The standard InChI is InChI=1S/C12H23N/c1-2-13-12(11-8-5-9-11)10-6-3-4-7-10/h10-13H,2-9H2,1H3. The Balaban J connectivity index is 1.86. The van der Waals surface area contributed by atoms with Crippen molar-refractivity contribution in [2.24, 2.45) is 11.8 Å². The summed E-state index contributed by atoms with van der Waals surface area (Å²) in [6.07, 6.45) is 10.4. The third-order valence-corrected chi connectivity index (χ3v) is 4.01. The van der Waals surface area contributed by atoms with Gasteiger partial charge in [0.2, 0.25) is 0 Å². The first-order valence-electron chi connectivity index (χ1n) is 6.15. The number of hydrogen-bond donors (Lipinski definition) is 1. The Bertz CT molecular complexity index is 145. The molecule has 0 bridgehead atoms. The van der Waals surface area contributed by atoms with Crippen molar-refractivity contribution in [3.8, 4) is 0 Å². The van der Waals surface area contributed by atoms with Gasteiger partial charge in [0.25, 0.3) is 0 Å². The highest BCUT2D eigenvalue weighted by Gasteiger charge is 2.33. The summed E-state index contributed by atoms with van der Waals surface area (Å²) in [7, 11) is 0. The second-order valence-electron chi connectivity index (χ2n) is 4.82. The minimum absolute atomic E-state index is 0.876. The summed E-state index contributed by atoms with van der Waals surface area (Å²) in [6.45, 7) is 3.41. The second kappa shape index (κ2) is 4.45. The van der Waals surface area contributed by atoms with Crippen LogP contribution in [0.15, 0.2) is 0 Å². The lowest BCUT2D eigenvalue weighted by molar-refractivity contribution is 0.177. The molecule has 76 valence electrons. The fraction of sp³-hybridized carbons (Fsp3) is 1.00. The Morgan fingerprint density at radius 1 is 1.00 bits per heavy atom. The quantitative estimate of drug-likeness (QED) is 0.703. The van der Waals surface area contributed by atoms with Crippen molar-refractivity contribution in [1.29, 1.82) is 0 Å². The summed E-state index contributed by atoms with van der Waals surface area (Å²) in [4.78, 5) is 0. The van der Waals surface area contributed by atoms with Crippen LogP contribution in [0.1, 0.15) is 51.9 Å². The summed E-state index contributed by atoms with van der Waals surface area (Å²) in [5.41, 5.74) is 0. The van der Waals surface area contributed by atoms with Crippen LogP contribution in [0.3, 0.4) is 0 Å². The molecule has 1 nitrogen and oxygen atoms in total. The minimum atomic E-state index is 0.876. The average molecular weight is 181 g/mol. The molecule has 1 unspecified atom stereocenters. The van der Waals surface area contributed by atoms with Crippen molar-refractivity contribution in [3.05, 3.63) is 0 Å². The van der Waals surface area contributed by atoms with E-state index in [1.54, 1.807) is 0 Å². The van der Waals surface area contributed by atoms with E-state index in [4.69, 9.17) is 0 Å². The normalized spacial score (nSPS) is 27.5. The Kier molecular flexibility index (Phi) is 3.26. The molecule has 1 atom stereocenters. The van der Waals surface area contributed by atoms with Crippen LogP contribution >= 0.6 is 0 Å². The maximum absolute atomic E-state index is 3.73. The molecule has 0 radical (unpaired) electrons. The summed E-state index contributed by atoms with van der Waals surface area (Å²) in [6, 6.07) is 0.876. The van der Waals surface area contributed by atoms with E-state index in [0.717, 1.165) is 24.4 Å². The molecule has 0 aromatic heterocycles. The molecule has 2 fully saturated rings. The maximum atomic E-state index is 3.73. The van der Waals surface area contributed by atoms with E-state index in [1.807, 2.05) is 0 Å². The Morgan fingerprint density at radius 3 is 1.92 bits per heavy atom. The first kappa shape index (κ1) is 9.51. The Hall–Kier alpha value is -0.0400. The van der Waals surface area contributed by atoms with Gasteiger partial charge in [-0.1, -0.05) is 26.2 Å². The minimum Gasteiger partial charge on any atom is -0.314 e. The number of rotatable bonds is 4. The largest absolute Gasteiger partial charge is 0.314 e. The van der Waals surface area contributed by atoms with E-state index in [9.17, 15) is 0 Å². The van der Waals surface area contributed by atoms with E-state index in [0.29, 0.717) is 0 Å². The van der Waals surface area contributed by atoms with Gasteiger partial charge in [0, 0.05) is 6.04 Å². The molecule has 2 aliphatic carbocycles. The molecule has 0 saturated heterocycles. The van der Waals surface area contributed by atoms with Crippen molar-refractivity contribution in [2.45, 2.75) is 57.9 Å². The molecule has 0 amide bonds. The zero-order valence-electron chi connectivity index (χ0n) is 8.89. The van der Waals surface area contributed by atoms with Crippen molar-refractivity contribution < 1.29 is 0 Å². The average Bonchev–Trinajstić information content (AvgIpc) is 2.51. The fourth-order valence-electron chi connectivity index (χ4n) is 3.07. The maximum Gasteiger partial charge on any atom is 0.0123 e. The highest BCUT2D eigenvalue weighted by atomic mass is 14.9. The summed E-state index contributed by atoms with van der Waals surface area (Å²) in [5, 5.41) is 3.73. The van der Waals surface area contributed by atoms with Crippen LogP contribution in [0, 0.1) is 11.8 Å². The lowest BCUT2D eigenvalue weighted by Crippen LogP contribution is -2.44. The monoisotopic (exact) mass is 181 g/mol. The van der Waals surface area contributed by atoms with Crippen LogP contribution in [0.5, 0.6) is 0 Å². The van der Waals surface area contributed by atoms with Gasteiger partial charge in [-0.3, -0.25) is 0 Å². The fourth-order valence-corrected chi connectivity index (χ4v) is 3.07. The second-order valence-corrected chi connectivity index (χ2v) is 4.82. The molecule has 1 heteroatoms. The van der Waals surface area contributed by atoms with E-state index < -0.39 is 0 Å². The zero-order chi connectivity index (χ0) is 9.10. The summed E-state index contributed by atoms with van der Waals surface area (Å²) < 4.78 is 0. The topological polar surface area (TPSA) is 12.0 Å². The highest BCUT2D eigenvalue weighted by molar-refractivity contribution is 4.89. The molecule has 13 heavy (non-hydrogen) atoms. The van der Waals surface area contributed by atoms with Crippen LogP contribution < -0.4 is 5.32 Å². The molecule has 0 aromatic rings. The smallest absolute Gasteiger partial charge is 0.0123 e. The molecule has 0 aliphatic heterocycles. The molecule has 0 aromatic carbocycles. The summed E-state index contributed by atoms with van der Waals surface area (Å²) in [5.74, 6) is 2.05. The van der Waals surface area contributed by atoms with Crippen molar-refractivity contribution >= 4 is 0 Å². The molecule has 2 aliphatic rings. The van der Waals surface area contributed by atoms with E-state index in [-0.39, 0.29) is 0 Å². The van der Waals surface area contributed by atoms with Crippen molar-refractivity contribution in [2.75, 3.05) is 6.54 Å². The molecule has 2 rings (SSSR count). The third-order valence-electron chi connectivity index (χ3n) is 4.01. The number of hydrogen-bond acceptors (Lipinski definition) is 1. The van der Waals surface area contributed by atoms with E-state index in [2.05, 4.69) is 12.2 Å². The lowest BCUT2D eigenvalue weighted by Gasteiger charge is -2.38. The molecule has 2 saturated carbocycles. The lowest BCUT2D eigenvalue weighted by atomic mass is 9.74. The van der Waals surface area contributed by atoms with Crippen LogP contribution in [-0.2, 0) is 0 Å². The first-order valence-corrected chi connectivity index (χ1v) is 6.15. The van der Waals surface area contributed by atoms with Gasteiger partial charge in [-0.15, -0.1) is 0 Å².